The lowest BCUT2D eigenvalue weighted by atomic mass is 9.97. The van der Waals surface area contributed by atoms with Gasteiger partial charge in [-0.05, 0) is 18.5 Å². The Balaban J connectivity index is 1.98. The molecular weight excluding hydrogens is 285 g/mol. The van der Waals surface area contributed by atoms with Gasteiger partial charge in [0.25, 0.3) is 0 Å². The van der Waals surface area contributed by atoms with Crippen LogP contribution < -0.4 is 15.4 Å². The molecule has 1 amide bonds. The van der Waals surface area contributed by atoms with E-state index in [0.29, 0.717) is 12.1 Å². The van der Waals surface area contributed by atoms with Gasteiger partial charge in [-0.2, -0.15) is 0 Å². The van der Waals surface area contributed by atoms with Crippen LogP contribution in [-0.2, 0) is 11.3 Å². The zero-order chi connectivity index (χ0) is 15.5. The lowest BCUT2D eigenvalue weighted by Gasteiger charge is -2.16. The number of carbonyl (C=O) groups excluding carboxylic acids is 1. The van der Waals surface area contributed by atoms with Crippen LogP contribution in [-0.4, -0.2) is 25.4 Å². The van der Waals surface area contributed by atoms with Crippen molar-refractivity contribution in [1.29, 1.82) is 0 Å². The van der Waals surface area contributed by atoms with E-state index in [1.807, 2.05) is 6.92 Å². The monoisotopic (exact) mass is 302 g/mol. The highest BCUT2D eigenvalue weighted by atomic mass is 19.4. The Kier molecular flexibility index (Phi) is 4.72. The van der Waals surface area contributed by atoms with E-state index in [2.05, 4.69) is 15.4 Å². The highest BCUT2D eigenvalue weighted by Gasteiger charge is 2.32. The van der Waals surface area contributed by atoms with Crippen LogP contribution in [0.4, 0.5) is 13.2 Å². The smallest absolute Gasteiger partial charge is 0.405 e. The largest absolute Gasteiger partial charge is 0.573 e. The van der Waals surface area contributed by atoms with Crippen LogP contribution in [0.3, 0.4) is 0 Å². The summed E-state index contributed by atoms with van der Waals surface area (Å²) < 4.78 is 40.8. The van der Waals surface area contributed by atoms with E-state index >= 15 is 0 Å². The van der Waals surface area contributed by atoms with Crippen LogP contribution in [0, 0.1) is 11.8 Å². The van der Waals surface area contributed by atoms with E-state index < -0.39 is 6.36 Å². The Morgan fingerprint density at radius 2 is 2.10 bits per heavy atom. The number of hydrogen-bond acceptors (Lipinski definition) is 3. The normalized spacial score (nSPS) is 22.1. The minimum Gasteiger partial charge on any atom is -0.405 e. The predicted molar refractivity (Wildman–Crippen MR) is 70.5 cm³/mol. The minimum absolute atomic E-state index is 0.00824. The number of para-hydroxylation sites is 1. The molecule has 1 aromatic rings. The molecule has 1 heterocycles. The molecule has 0 saturated carbocycles. The fourth-order valence-electron chi connectivity index (χ4n) is 2.35. The first kappa shape index (κ1) is 15.6. The van der Waals surface area contributed by atoms with Crippen molar-refractivity contribution in [3.63, 3.8) is 0 Å². The van der Waals surface area contributed by atoms with Gasteiger partial charge >= 0.3 is 6.36 Å². The predicted octanol–water partition coefficient (Wildman–Crippen LogP) is 2.06. The molecule has 1 fully saturated rings. The fourth-order valence-corrected chi connectivity index (χ4v) is 2.35. The van der Waals surface area contributed by atoms with Gasteiger partial charge in [0.2, 0.25) is 5.91 Å². The average Bonchev–Trinajstić information content (AvgIpc) is 2.82. The zero-order valence-corrected chi connectivity index (χ0v) is 11.5. The number of nitrogens with one attached hydrogen (secondary N) is 2. The Morgan fingerprint density at radius 1 is 1.38 bits per heavy atom. The molecule has 0 spiro atoms. The van der Waals surface area contributed by atoms with E-state index in [1.54, 1.807) is 6.07 Å². The molecule has 1 aliphatic rings. The van der Waals surface area contributed by atoms with E-state index in [4.69, 9.17) is 0 Å². The summed E-state index contributed by atoms with van der Waals surface area (Å²) in [4.78, 5) is 12.0. The van der Waals surface area contributed by atoms with Crippen molar-refractivity contribution in [1.82, 2.24) is 10.6 Å². The van der Waals surface area contributed by atoms with Crippen LogP contribution in [0.25, 0.3) is 0 Å². The summed E-state index contributed by atoms with van der Waals surface area (Å²) in [5.74, 6) is -0.385. The Morgan fingerprint density at radius 3 is 2.71 bits per heavy atom. The van der Waals surface area contributed by atoms with E-state index in [9.17, 15) is 18.0 Å². The number of benzene rings is 1. The molecule has 1 aliphatic heterocycles. The van der Waals surface area contributed by atoms with Crippen LogP contribution in [0.2, 0.25) is 0 Å². The van der Waals surface area contributed by atoms with Crippen molar-refractivity contribution in [2.45, 2.75) is 19.8 Å². The van der Waals surface area contributed by atoms with Gasteiger partial charge in [0.15, 0.2) is 0 Å². The molecule has 0 aromatic heterocycles. The maximum Gasteiger partial charge on any atom is 0.573 e. The summed E-state index contributed by atoms with van der Waals surface area (Å²) in [6.07, 6.45) is -4.75. The first-order valence-electron chi connectivity index (χ1n) is 6.69. The van der Waals surface area contributed by atoms with Gasteiger partial charge in [-0.15, -0.1) is 13.2 Å². The van der Waals surface area contributed by atoms with Crippen molar-refractivity contribution in [3.05, 3.63) is 29.8 Å². The van der Waals surface area contributed by atoms with Crippen LogP contribution in [0.15, 0.2) is 24.3 Å². The van der Waals surface area contributed by atoms with Crippen LogP contribution in [0.1, 0.15) is 12.5 Å². The van der Waals surface area contributed by atoms with Gasteiger partial charge in [-0.25, -0.2) is 0 Å². The summed E-state index contributed by atoms with van der Waals surface area (Å²) in [5.41, 5.74) is 0.293. The Labute approximate surface area is 120 Å². The molecular formula is C14H17F3N2O2. The second kappa shape index (κ2) is 6.34. The third kappa shape index (κ3) is 4.35. The van der Waals surface area contributed by atoms with Gasteiger partial charge in [0.1, 0.15) is 5.75 Å². The summed E-state index contributed by atoms with van der Waals surface area (Å²) in [6, 6.07) is 5.78. The second-order valence-corrected chi connectivity index (χ2v) is 5.12. The number of carbonyl (C=O) groups is 1. The maximum atomic E-state index is 12.3. The number of rotatable bonds is 4. The Hall–Kier alpha value is -1.76. The number of ether oxygens (including phenoxy) is 1. The highest BCUT2D eigenvalue weighted by molar-refractivity contribution is 5.79. The Bertz CT molecular complexity index is 505. The summed E-state index contributed by atoms with van der Waals surface area (Å²) in [5, 5.41) is 5.78. The first-order valence-corrected chi connectivity index (χ1v) is 6.69. The van der Waals surface area contributed by atoms with E-state index in [-0.39, 0.29) is 30.0 Å². The van der Waals surface area contributed by atoms with Crippen molar-refractivity contribution in [2.24, 2.45) is 11.8 Å². The van der Waals surface area contributed by atoms with Crippen molar-refractivity contribution in [3.8, 4) is 5.75 Å². The van der Waals surface area contributed by atoms with Gasteiger partial charge in [-0.3, -0.25) is 4.79 Å². The topological polar surface area (TPSA) is 50.4 Å². The molecule has 0 radical (unpaired) electrons. The molecule has 7 heteroatoms. The zero-order valence-electron chi connectivity index (χ0n) is 11.5. The number of amides is 1. The number of hydrogen-bond donors (Lipinski definition) is 2. The standard InChI is InChI=1S/C14H17F3N2O2/c1-9-6-18-8-11(9)13(20)19-7-10-4-2-3-5-12(10)21-14(15,16)17/h2-5,9,11,18H,6-8H2,1H3,(H,19,20). The summed E-state index contributed by atoms with van der Waals surface area (Å²) in [6.45, 7) is 3.33. The van der Waals surface area contributed by atoms with Gasteiger partial charge in [0.05, 0.1) is 5.92 Å². The molecule has 4 nitrogen and oxygen atoms in total. The quantitative estimate of drug-likeness (QED) is 0.895. The van der Waals surface area contributed by atoms with Crippen molar-refractivity contribution in [2.75, 3.05) is 13.1 Å². The molecule has 2 atom stereocenters. The first-order chi connectivity index (χ1) is 9.87. The van der Waals surface area contributed by atoms with Gasteiger partial charge in [-0.1, -0.05) is 25.1 Å². The molecule has 116 valence electrons. The second-order valence-electron chi connectivity index (χ2n) is 5.12. The molecule has 0 aliphatic carbocycles. The lowest BCUT2D eigenvalue weighted by Crippen LogP contribution is -2.34. The third-order valence-corrected chi connectivity index (χ3v) is 3.51. The SMILES string of the molecule is CC1CNCC1C(=O)NCc1ccccc1OC(F)(F)F. The van der Waals surface area contributed by atoms with Crippen LogP contribution >= 0.6 is 0 Å². The van der Waals surface area contributed by atoms with Gasteiger partial charge < -0.3 is 15.4 Å². The number of halogens is 3. The summed E-state index contributed by atoms with van der Waals surface area (Å²) in [7, 11) is 0. The highest BCUT2D eigenvalue weighted by Crippen LogP contribution is 2.26. The summed E-state index contributed by atoms with van der Waals surface area (Å²) >= 11 is 0. The average molecular weight is 302 g/mol. The van der Waals surface area contributed by atoms with E-state index in [0.717, 1.165) is 6.54 Å². The van der Waals surface area contributed by atoms with Crippen molar-refractivity contribution < 1.29 is 22.7 Å². The maximum absolute atomic E-state index is 12.3. The molecule has 2 unspecified atom stereocenters. The lowest BCUT2D eigenvalue weighted by molar-refractivity contribution is -0.274. The molecule has 1 saturated heterocycles. The number of alkyl halides is 3. The van der Waals surface area contributed by atoms with Gasteiger partial charge in [0, 0.05) is 18.7 Å². The minimum atomic E-state index is -4.75. The molecule has 2 rings (SSSR count). The van der Waals surface area contributed by atoms with E-state index in [1.165, 1.54) is 18.2 Å². The van der Waals surface area contributed by atoms with Crippen molar-refractivity contribution >= 4 is 5.91 Å². The third-order valence-electron chi connectivity index (χ3n) is 3.51. The molecule has 21 heavy (non-hydrogen) atoms. The fraction of sp³-hybridized carbons (Fsp3) is 0.500. The van der Waals surface area contributed by atoms with Crippen LogP contribution in [0.5, 0.6) is 5.75 Å². The molecule has 0 bridgehead atoms. The molecule has 2 N–H and O–H groups in total. The molecule has 1 aromatic carbocycles.